The molecule has 0 radical (unpaired) electrons. The average molecular weight is 618 g/mol. The molecule has 1 unspecified atom stereocenters. The topological polar surface area (TPSA) is 86.8 Å². The third kappa shape index (κ3) is 8.04. The molecule has 0 bridgehead atoms. The molecule has 0 fully saturated rings. The summed E-state index contributed by atoms with van der Waals surface area (Å²) in [5.41, 5.74) is -0.207. The third-order valence-electron chi connectivity index (χ3n) is 4.99. The molecule has 0 aliphatic carbocycles. The van der Waals surface area contributed by atoms with Gasteiger partial charge in [-0.1, -0.05) is 64.1 Å². The summed E-state index contributed by atoms with van der Waals surface area (Å²) in [7, 11) is -4.02. The second-order valence-electron chi connectivity index (χ2n) is 9.12. The van der Waals surface area contributed by atoms with Crippen LogP contribution in [-0.2, 0) is 26.2 Å². The summed E-state index contributed by atoms with van der Waals surface area (Å²) < 4.78 is 26.2. The molecule has 2 aromatic rings. The zero-order chi connectivity index (χ0) is 27.6. The van der Waals surface area contributed by atoms with Gasteiger partial charge in [0.15, 0.2) is 0 Å². The summed E-state index contributed by atoms with van der Waals surface area (Å²) in [5, 5.41) is 3.54. The van der Waals surface area contributed by atoms with E-state index in [1.165, 1.54) is 24.0 Å². The number of rotatable bonds is 8. The predicted octanol–water partition coefficient (Wildman–Crippen LogP) is 6.05. The van der Waals surface area contributed by atoms with Crippen LogP contribution in [0.1, 0.15) is 33.3 Å². The van der Waals surface area contributed by atoms with Crippen LogP contribution in [-0.4, -0.2) is 49.5 Å². The van der Waals surface area contributed by atoms with E-state index in [9.17, 15) is 18.0 Å². The molecule has 0 heterocycles. The molecule has 198 valence electrons. The summed E-state index contributed by atoms with van der Waals surface area (Å²) >= 11 is 31.0. The summed E-state index contributed by atoms with van der Waals surface area (Å²) in [6.07, 6.45) is 0.921. The summed E-state index contributed by atoms with van der Waals surface area (Å²) in [4.78, 5) is 27.8. The molecular formula is C23H26Cl5N3O4S. The number of carbonyl (C=O) groups excluding carboxylic acids is 2. The fraction of sp³-hybridized carbons (Fsp3) is 0.391. The van der Waals surface area contributed by atoms with Crippen LogP contribution in [0, 0.1) is 0 Å². The van der Waals surface area contributed by atoms with E-state index in [-0.39, 0.29) is 37.3 Å². The minimum absolute atomic E-state index is 0.0261. The largest absolute Gasteiger partial charge is 0.350 e. The number of hydrogen-bond acceptors (Lipinski definition) is 4. The van der Waals surface area contributed by atoms with Crippen molar-refractivity contribution in [2.75, 3.05) is 17.1 Å². The second kappa shape index (κ2) is 12.0. The number of amides is 2. The highest BCUT2D eigenvalue weighted by Gasteiger charge is 2.33. The van der Waals surface area contributed by atoms with Crippen molar-refractivity contribution >= 4 is 85.5 Å². The molecule has 2 amide bonds. The van der Waals surface area contributed by atoms with Gasteiger partial charge in [-0.25, -0.2) is 8.42 Å². The number of halogens is 5. The number of benzene rings is 2. The van der Waals surface area contributed by atoms with Crippen molar-refractivity contribution in [1.29, 1.82) is 0 Å². The van der Waals surface area contributed by atoms with E-state index in [1.54, 1.807) is 39.0 Å². The first-order chi connectivity index (χ1) is 16.4. The van der Waals surface area contributed by atoms with Crippen LogP contribution in [0.5, 0.6) is 0 Å². The molecule has 0 saturated heterocycles. The van der Waals surface area contributed by atoms with Crippen LogP contribution in [0.15, 0.2) is 30.3 Å². The lowest BCUT2D eigenvalue weighted by Crippen LogP contribution is -2.54. The Morgan fingerprint density at radius 2 is 1.47 bits per heavy atom. The van der Waals surface area contributed by atoms with Crippen molar-refractivity contribution in [1.82, 2.24) is 10.2 Å². The van der Waals surface area contributed by atoms with Gasteiger partial charge in [0.2, 0.25) is 21.8 Å². The van der Waals surface area contributed by atoms with E-state index in [0.29, 0.717) is 5.56 Å². The van der Waals surface area contributed by atoms with Crippen molar-refractivity contribution < 1.29 is 18.0 Å². The molecule has 7 nitrogen and oxygen atoms in total. The van der Waals surface area contributed by atoms with Crippen molar-refractivity contribution in [2.45, 2.75) is 45.8 Å². The van der Waals surface area contributed by atoms with Gasteiger partial charge in [0.1, 0.15) is 12.6 Å². The van der Waals surface area contributed by atoms with Crippen LogP contribution in [0.3, 0.4) is 0 Å². The fourth-order valence-electron chi connectivity index (χ4n) is 3.21. The summed E-state index contributed by atoms with van der Waals surface area (Å²) in [6.45, 7) is 6.10. The van der Waals surface area contributed by atoms with Crippen molar-refractivity contribution in [3.8, 4) is 0 Å². The maximum atomic E-state index is 13.6. The Kier molecular flexibility index (Phi) is 10.2. The van der Waals surface area contributed by atoms with Crippen molar-refractivity contribution in [3.05, 3.63) is 61.0 Å². The highest BCUT2D eigenvalue weighted by molar-refractivity contribution is 7.92. The number of nitrogens with zero attached hydrogens (tertiary/aromatic N) is 2. The van der Waals surface area contributed by atoms with Crippen molar-refractivity contribution in [2.24, 2.45) is 0 Å². The Hall–Kier alpha value is -1.42. The maximum absolute atomic E-state index is 13.6. The van der Waals surface area contributed by atoms with E-state index in [0.717, 1.165) is 10.6 Å². The van der Waals surface area contributed by atoms with Crippen LogP contribution in [0.2, 0.25) is 25.1 Å². The molecule has 0 saturated carbocycles. The zero-order valence-electron chi connectivity index (χ0n) is 20.2. The van der Waals surface area contributed by atoms with E-state index in [1.807, 2.05) is 0 Å². The smallest absolute Gasteiger partial charge is 0.244 e. The van der Waals surface area contributed by atoms with Gasteiger partial charge in [-0.3, -0.25) is 13.9 Å². The van der Waals surface area contributed by atoms with Crippen LogP contribution < -0.4 is 9.62 Å². The van der Waals surface area contributed by atoms with Gasteiger partial charge in [-0.15, -0.1) is 0 Å². The Labute approximate surface area is 236 Å². The molecule has 0 spiro atoms. The minimum atomic E-state index is -4.02. The summed E-state index contributed by atoms with van der Waals surface area (Å²) in [5.74, 6) is -1.15. The number of anilines is 1. The van der Waals surface area contributed by atoms with Crippen molar-refractivity contribution in [3.63, 3.8) is 0 Å². The standard InChI is InChI=1S/C23H26Cl5N3O4S/c1-13(22(33)29-23(2,3)4)30(11-14-15(24)7-6-8-16(14)25)21(32)12-31(36(5,34)35)20-10-18(27)17(26)9-19(20)28/h6-10,13H,11-12H2,1-5H3,(H,29,33). The molecule has 0 aliphatic heterocycles. The molecule has 0 aliphatic rings. The minimum Gasteiger partial charge on any atom is -0.350 e. The number of nitrogens with one attached hydrogen (secondary N) is 1. The van der Waals surface area contributed by atoms with Gasteiger partial charge in [0.25, 0.3) is 0 Å². The van der Waals surface area contributed by atoms with Gasteiger partial charge in [-0.2, -0.15) is 0 Å². The van der Waals surface area contributed by atoms with Gasteiger partial charge in [-0.05, 0) is 52.0 Å². The molecule has 1 N–H and O–H groups in total. The van der Waals surface area contributed by atoms with Gasteiger partial charge < -0.3 is 10.2 Å². The lowest BCUT2D eigenvalue weighted by Gasteiger charge is -2.33. The van der Waals surface area contributed by atoms with E-state index < -0.39 is 40.0 Å². The molecule has 36 heavy (non-hydrogen) atoms. The normalized spacial score (nSPS) is 12.7. The Bertz CT molecular complexity index is 1240. The first-order valence-corrected chi connectivity index (χ1v) is 14.3. The molecule has 2 aromatic carbocycles. The highest BCUT2D eigenvalue weighted by Crippen LogP contribution is 2.36. The first-order valence-electron chi connectivity index (χ1n) is 10.6. The fourth-order valence-corrected chi connectivity index (χ4v) is 5.27. The number of carbonyl (C=O) groups is 2. The van der Waals surface area contributed by atoms with Crippen LogP contribution in [0.25, 0.3) is 0 Å². The molecule has 0 aromatic heterocycles. The van der Waals surface area contributed by atoms with E-state index >= 15 is 0 Å². The lowest BCUT2D eigenvalue weighted by molar-refractivity contribution is -0.140. The lowest BCUT2D eigenvalue weighted by atomic mass is 10.1. The third-order valence-corrected chi connectivity index (χ3v) is 7.85. The average Bonchev–Trinajstić information content (AvgIpc) is 2.72. The van der Waals surface area contributed by atoms with Gasteiger partial charge >= 0.3 is 0 Å². The van der Waals surface area contributed by atoms with E-state index in [4.69, 9.17) is 58.0 Å². The Morgan fingerprint density at radius 1 is 0.944 bits per heavy atom. The summed E-state index contributed by atoms with van der Waals surface area (Å²) in [6, 6.07) is 6.38. The van der Waals surface area contributed by atoms with E-state index in [2.05, 4.69) is 5.32 Å². The number of sulfonamides is 1. The monoisotopic (exact) mass is 615 g/mol. The maximum Gasteiger partial charge on any atom is 0.244 e. The second-order valence-corrected chi connectivity index (χ2v) is 13.1. The SMILES string of the molecule is CC(C(=O)NC(C)(C)C)N(Cc1c(Cl)cccc1Cl)C(=O)CN(c1cc(Cl)c(Cl)cc1Cl)S(C)(=O)=O. The Balaban J connectivity index is 2.54. The zero-order valence-corrected chi connectivity index (χ0v) is 24.8. The van der Waals surface area contributed by atoms with Crippen LogP contribution >= 0.6 is 58.0 Å². The molecule has 2 rings (SSSR count). The Morgan fingerprint density at radius 3 is 1.97 bits per heavy atom. The van der Waals surface area contributed by atoms with Gasteiger partial charge in [0, 0.05) is 27.7 Å². The number of hydrogen-bond donors (Lipinski definition) is 1. The quantitative estimate of drug-likeness (QED) is 0.366. The molecule has 13 heteroatoms. The predicted molar refractivity (Wildman–Crippen MR) is 148 cm³/mol. The van der Waals surface area contributed by atoms with Gasteiger partial charge in [0.05, 0.1) is 27.0 Å². The highest BCUT2D eigenvalue weighted by atomic mass is 35.5. The van der Waals surface area contributed by atoms with Crippen LogP contribution in [0.4, 0.5) is 5.69 Å². The first kappa shape index (κ1) is 30.8. The molecule has 1 atom stereocenters. The molecular weight excluding hydrogens is 592 g/mol.